The van der Waals surface area contributed by atoms with Crippen molar-refractivity contribution in [3.8, 4) is 16.9 Å². The van der Waals surface area contributed by atoms with Gasteiger partial charge in [-0.2, -0.15) is 0 Å². The predicted octanol–water partition coefficient (Wildman–Crippen LogP) is 6.06. The molecule has 0 aliphatic heterocycles. The van der Waals surface area contributed by atoms with E-state index in [2.05, 4.69) is 19.5 Å². The highest BCUT2D eigenvalue weighted by Gasteiger charge is 2.32. The van der Waals surface area contributed by atoms with Gasteiger partial charge in [-0.15, -0.1) is 20.6 Å². The first-order chi connectivity index (χ1) is 18.8. The highest BCUT2D eigenvalue weighted by atomic mass is 32.1. The topological polar surface area (TPSA) is 54.5 Å². The average molecular weight is 572 g/mol. The Morgan fingerprint density at radius 3 is 2.49 bits per heavy atom. The fourth-order valence-corrected chi connectivity index (χ4v) is 7.10. The van der Waals surface area contributed by atoms with Crippen molar-refractivity contribution in [1.82, 2.24) is 15.2 Å². The number of carbonyl (C=O) groups excluding carboxylic acids is 1. The van der Waals surface area contributed by atoms with Crippen LogP contribution >= 0.6 is 20.6 Å². The minimum absolute atomic E-state index is 0.0735. The Balaban J connectivity index is 1.56. The fraction of sp³-hybridized carbons (Fsp3) is 0.310. The molecule has 0 spiro atoms. The van der Waals surface area contributed by atoms with Gasteiger partial charge in [0, 0.05) is 46.6 Å². The van der Waals surface area contributed by atoms with Crippen LogP contribution < -0.4 is 15.4 Å². The van der Waals surface area contributed by atoms with Crippen LogP contribution in [0.1, 0.15) is 40.9 Å². The van der Waals surface area contributed by atoms with Crippen molar-refractivity contribution in [3.63, 3.8) is 0 Å². The lowest BCUT2D eigenvalue weighted by Crippen LogP contribution is -2.44. The molecule has 1 fully saturated rings. The molecular formula is C29H29F3N3O2PS. The van der Waals surface area contributed by atoms with Crippen molar-refractivity contribution in [2.45, 2.75) is 44.3 Å². The number of rotatable bonds is 7. The first-order valence-corrected chi connectivity index (χ1v) is 14.1. The van der Waals surface area contributed by atoms with E-state index in [9.17, 15) is 18.0 Å². The maximum absolute atomic E-state index is 14.7. The number of halogens is 3. The van der Waals surface area contributed by atoms with Gasteiger partial charge in [-0.3, -0.25) is 9.78 Å². The van der Waals surface area contributed by atoms with E-state index in [0.29, 0.717) is 27.5 Å². The quantitative estimate of drug-likeness (QED) is 0.274. The number of ether oxygens (including phenoxy) is 1. The van der Waals surface area contributed by atoms with Gasteiger partial charge in [0.25, 0.3) is 5.91 Å². The highest BCUT2D eigenvalue weighted by molar-refractivity contribution is 7.34. The number of nitrogens with zero attached hydrogens (tertiary/aromatic N) is 2. The molecule has 1 aliphatic rings. The zero-order chi connectivity index (χ0) is 27.7. The summed E-state index contributed by atoms with van der Waals surface area (Å²) >= 11 is 0.972. The largest absolute Gasteiger partial charge is 0.496 e. The Hall–Kier alpha value is -3.00. The number of amides is 1. The number of fused-ring (bicyclic) bond motifs is 1. The summed E-state index contributed by atoms with van der Waals surface area (Å²) in [6.07, 6.45) is 6.10. The first kappa shape index (κ1) is 27.6. The highest BCUT2D eigenvalue weighted by Crippen LogP contribution is 2.35. The lowest BCUT2D eigenvalue weighted by atomic mass is 9.89. The molecule has 2 aromatic heterocycles. The van der Waals surface area contributed by atoms with E-state index in [1.807, 2.05) is 19.2 Å². The molecule has 1 atom stereocenters. The molecule has 2 heterocycles. The van der Waals surface area contributed by atoms with Gasteiger partial charge < -0.3 is 15.0 Å². The molecule has 1 amide bonds. The van der Waals surface area contributed by atoms with E-state index in [1.165, 1.54) is 6.07 Å². The Morgan fingerprint density at radius 1 is 1.08 bits per heavy atom. The molecule has 39 heavy (non-hydrogen) atoms. The number of hydrogen-bond donors (Lipinski definition) is 1. The normalized spacial score (nSPS) is 17.4. The summed E-state index contributed by atoms with van der Waals surface area (Å²) in [5.74, 6) is -1.26. The SMILES string of the molecule is CNC1CCC(N(Cc2cc(-c3cncc(F)c3)ccc2OC)C(=O)c2sc3c(F)ccc(F)c3c2P)CC1. The molecule has 5 rings (SSSR count). The lowest BCUT2D eigenvalue weighted by molar-refractivity contribution is 0.0606. The Kier molecular flexibility index (Phi) is 8.21. The number of pyridine rings is 1. The van der Waals surface area contributed by atoms with Crippen LogP contribution in [0.15, 0.2) is 48.8 Å². The zero-order valence-corrected chi connectivity index (χ0v) is 23.6. The van der Waals surface area contributed by atoms with Gasteiger partial charge in [0.15, 0.2) is 0 Å². The van der Waals surface area contributed by atoms with Gasteiger partial charge in [-0.05, 0) is 68.6 Å². The van der Waals surface area contributed by atoms with Crippen molar-refractivity contribution < 1.29 is 22.7 Å². The minimum atomic E-state index is -0.564. The van der Waals surface area contributed by atoms with Crippen molar-refractivity contribution in [1.29, 1.82) is 0 Å². The molecule has 1 unspecified atom stereocenters. The monoisotopic (exact) mass is 571 g/mol. The van der Waals surface area contributed by atoms with E-state index < -0.39 is 17.5 Å². The second kappa shape index (κ2) is 11.6. The molecule has 2 aromatic carbocycles. The Morgan fingerprint density at radius 2 is 1.82 bits per heavy atom. The molecule has 1 saturated carbocycles. The second-order valence-corrected chi connectivity index (χ2v) is 11.3. The molecule has 5 nitrogen and oxygen atoms in total. The van der Waals surface area contributed by atoms with Crippen molar-refractivity contribution in [2.24, 2.45) is 0 Å². The van der Waals surface area contributed by atoms with Crippen LogP contribution in [0.4, 0.5) is 13.2 Å². The molecule has 204 valence electrons. The third kappa shape index (κ3) is 5.53. The summed E-state index contributed by atoms with van der Waals surface area (Å²) in [7, 11) is 5.93. The molecule has 10 heteroatoms. The summed E-state index contributed by atoms with van der Waals surface area (Å²) in [5.41, 5.74) is 2.09. The Labute approximate surface area is 231 Å². The molecule has 0 bridgehead atoms. The molecule has 1 aliphatic carbocycles. The average Bonchev–Trinajstić information content (AvgIpc) is 3.31. The van der Waals surface area contributed by atoms with Gasteiger partial charge >= 0.3 is 0 Å². The van der Waals surface area contributed by atoms with E-state index in [0.717, 1.165) is 66.5 Å². The van der Waals surface area contributed by atoms with E-state index in [1.54, 1.807) is 24.3 Å². The number of methoxy groups -OCH3 is 1. The zero-order valence-electron chi connectivity index (χ0n) is 21.6. The van der Waals surface area contributed by atoms with Crippen LogP contribution in [-0.4, -0.2) is 42.0 Å². The second-order valence-electron chi connectivity index (χ2n) is 9.72. The number of aromatic nitrogens is 1. The van der Waals surface area contributed by atoms with Crippen LogP contribution in [-0.2, 0) is 6.54 Å². The smallest absolute Gasteiger partial charge is 0.265 e. The number of thiophene rings is 1. The predicted molar refractivity (Wildman–Crippen MR) is 152 cm³/mol. The summed E-state index contributed by atoms with van der Waals surface area (Å²) < 4.78 is 48.9. The van der Waals surface area contributed by atoms with Gasteiger partial charge in [0.1, 0.15) is 28.1 Å². The molecule has 0 radical (unpaired) electrons. The number of carbonyl (C=O) groups is 1. The van der Waals surface area contributed by atoms with Crippen LogP contribution in [0.3, 0.4) is 0 Å². The number of nitrogens with one attached hydrogen (secondary N) is 1. The molecular weight excluding hydrogens is 542 g/mol. The molecule has 1 N–H and O–H groups in total. The van der Waals surface area contributed by atoms with Crippen LogP contribution in [0.25, 0.3) is 21.2 Å². The maximum atomic E-state index is 14.7. The van der Waals surface area contributed by atoms with E-state index in [-0.39, 0.29) is 28.6 Å². The van der Waals surface area contributed by atoms with Gasteiger partial charge in [-0.1, -0.05) is 6.07 Å². The molecule has 4 aromatic rings. The first-order valence-electron chi connectivity index (χ1n) is 12.7. The summed E-state index contributed by atoms with van der Waals surface area (Å²) in [5, 5.41) is 3.79. The summed E-state index contributed by atoms with van der Waals surface area (Å²) in [6.45, 7) is 0.219. The maximum Gasteiger partial charge on any atom is 0.265 e. The van der Waals surface area contributed by atoms with Crippen LogP contribution in [0.2, 0.25) is 0 Å². The Bertz CT molecular complexity index is 1520. The van der Waals surface area contributed by atoms with Crippen molar-refractivity contribution in [2.75, 3.05) is 14.2 Å². The molecule has 0 saturated heterocycles. The number of hydrogen-bond acceptors (Lipinski definition) is 5. The third-order valence-electron chi connectivity index (χ3n) is 7.44. The van der Waals surface area contributed by atoms with E-state index >= 15 is 0 Å². The van der Waals surface area contributed by atoms with Gasteiger partial charge in [-0.25, -0.2) is 13.2 Å². The van der Waals surface area contributed by atoms with Crippen LogP contribution in [0.5, 0.6) is 5.75 Å². The van der Waals surface area contributed by atoms with Crippen LogP contribution in [0, 0.1) is 17.5 Å². The van der Waals surface area contributed by atoms with Crippen molar-refractivity contribution >= 4 is 41.9 Å². The lowest BCUT2D eigenvalue weighted by Gasteiger charge is -2.37. The summed E-state index contributed by atoms with van der Waals surface area (Å²) in [6, 6.07) is 9.36. The third-order valence-corrected chi connectivity index (χ3v) is 9.43. The minimum Gasteiger partial charge on any atom is -0.496 e. The number of benzene rings is 2. The van der Waals surface area contributed by atoms with Gasteiger partial charge in [0.2, 0.25) is 0 Å². The summed E-state index contributed by atoms with van der Waals surface area (Å²) in [4.78, 5) is 20.2. The van der Waals surface area contributed by atoms with Gasteiger partial charge in [0.05, 0.1) is 18.0 Å². The van der Waals surface area contributed by atoms with Crippen molar-refractivity contribution in [3.05, 3.63) is 76.7 Å². The fourth-order valence-electron chi connectivity index (χ4n) is 5.32. The standard InChI is InChI=1S/C29H29F3N3O2PS/c1-33-20-4-6-21(7-5-20)35(29(36)28-26(38)25-22(31)8-9-23(32)27(25)39-28)15-18-11-16(3-10-24(18)37-2)17-12-19(30)14-34-13-17/h3,8-14,20-21,33H,4-7,15,38H2,1-2H3. The van der Waals surface area contributed by atoms with E-state index in [4.69, 9.17) is 4.74 Å².